The Morgan fingerprint density at radius 3 is 2.47 bits per heavy atom. The predicted molar refractivity (Wildman–Crippen MR) is 80.2 cm³/mol. The lowest BCUT2D eigenvalue weighted by Crippen LogP contribution is -2.10. The van der Waals surface area contributed by atoms with Crippen LogP contribution in [0, 0.1) is 0 Å². The molecule has 1 N–H and O–H groups in total. The zero-order valence-corrected chi connectivity index (χ0v) is 12.1. The molecule has 0 aliphatic carbocycles. The molecule has 1 unspecified atom stereocenters. The van der Waals surface area contributed by atoms with Crippen LogP contribution in [-0.4, -0.2) is 7.05 Å². The molecule has 0 spiro atoms. The number of hydrogen-bond acceptors (Lipinski definition) is 2. The summed E-state index contributed by atoms with van der Waals surface area (Å²) in [5.41, 5.74) is 2.55. The van der Waals surface area contributed by atoms with E-state index in [2.05, 4.69) is 43.4 Å². The summed E-state index contributed by atoms with van der Waals surface area (Å²) in [6.45, 7) is 4.32. The zero-order chi connectivity index (χ0) is 13.7. The van der Waals surface area contributed by atoms with E-state index in [1.165, 1.54) is 18.4 Å². The van der Waals surface area contributed by atoms with Crippen molar-refractivity contribution in [1.82, 2.24) is 5.32 Å². The highest BCUT2D eigenvalue weighted by molar-refractivity contribution is 5.58. The lowest BCUT2D eigenvalue weighted by molar-refractivity contribution is 0.458. The third kappa shape index (κ3) is 3.48. The Bertz CT molecular complexity index is 498. The highest BCUT2D eigenvalue weighted by Crippen LogP contribution is 2.25. The molecule has 1 aromatic heterocycles. The van der Waals surface area contributed by atoms with Crippen molar-refractivity contribution in [3.63, 3.8) is 0 Å². The maximum absolute atomic E-state index is 5.88. The van der Waals surface area contributed by atoms with Gasteiger partial charge in [0.1, 0.15) is 11.5 Å². The van der Waals surface area contributed by atoms with Gasteiger partial charge in [0.25, 0.3) is 0 Å². The quantitative estimate of drug-likeness (QED) is 0.820. The first kappa shape index (κ1) is 13.9. The second-order valence-corrected chi connectivity index (χ2v) is 5.01. The third-order valence-electron chi connectivity index (χ3n) is 3.54. The van der Waals surface area contributed by atoms with E-state index in [9.17, 15) is 0 Å². The average Bonchev–Trinajstić information content (AvgIpc) is 2.94. The molecule has 0 radical (unpaired) electrons. The van der Waals surface area contributed by atoms with Gasteiger partial charge in [-0.05, 0) is 44.5 Å². The van der Waals surface area contributed by atoms with Gasteiger partial charge >= 0.3 is 0 Å². The van der Waals surface area contributed by atoms with Gasteiger partial charge in [-0.3, -0.25) is 0 Å². The van der Waals surface area contributed by atoms with Gasteiger partial charge in [0, 0.05) is 5.56 Å². The lowest BCUT2D eigenvalue weighted by atomic mass is 10.1. The van der Waals surface area contributed by atoms with E-state index in [4.69, 9.17) is 4.42 Å². The maximum Gasteiger partial charge on any atom is 0.134 e. The topological polar surface area (TPSA) is 25.2 Å². The van der Waals surface area contributed by atoms with Crippen molar-refractivity contribution >= 4 is 0 Å². The van der Waals surface area contributed by atoms with Crippen molar-refractivity contribution in [3.8, 4) is 11.3 Å². The number of hydrogen-bond donors (Lipinski definition) is 1. The number of furan rings is 1. The molecule has 1 aromatic carbocycles. The summed E-state index contributed by atoms with van der Waals surface area (Å²) in [5, 5.41) is 3.18. The summed E-state index contributed by atoms with van der Waals surface area (Å²) in [4.78, 5) is 0. The fourth-order valence-corrected chi connectivity index (χ4v) is 2.10. The Labute approximate surface area is 115 Å². The van der Waals surface area contributed by atoms with E-state index in [0.29, 0.717) is 0 Å². The molecule has 1 atom stereocenters. The summed E-state index contributed by atoms with van der Waals surface area (Å²) < 4.78 is 5.88. The maximum atomic E-state index is 5.88. The Hall–Kier alpha value is -1.54. The van der Waals surface area contributed by atoms with Crippen LogP contribution in [0.1, 0.15) is 44.1 Å². The zero-order valence-electron chi connectivity index (χ0n) is 12.1. The van der Waals surface area contributed by atoms with Crippen molar-refractivity contribution in [2.75, 3.05) is 7.05 Å². The molecule has 1 heterocycles. The number of nitrogens with one attached hydrogen (secondary N) is 1. The smallest absolute Gasteiger partial charge is 0.134 e. The molecular weight excluding hydrogens is 234 g/mol. The fraction of sp³-hybridized carbons (Fsp3) is 0.412. The largest absolute Gasteiger partial charge is 0.459 e. The molecular formula is C17H23NO. The van der Waals surface area contributed by atoms with E-state index < -0.39 is 0 Å². The van der Waals surface area contributed by atoms with Gasteiger partial charge in [0.05, 0.1) is 6.04 Å². The van der Waals surface area contributed by atoms with E-state index in [-0.39, 0.29) is 6.04 Å². The van der Waals surface area contributed by atoms with Crippen LogP contribution in [0.15, 0.2) is 40.8 Å². The molecule has 0 saturated carbocycles. The molecule has 2 rings (SSSR count). The van der Waals surface area contributed by atoms with E-state index in [1.807, 2.05) is 19.2 Å². The van der Waals surface area contributed by atoms with Gasteiger partial charge in [0.2, 0.25) is 0 Å². The minimum Gasteiger partial charge on any atom is -0.459 e. The van der Waals surface area contributed by atoms with E-state index >= 15 is 0 Å². The molecule has 19 heavy (non-hydrogen) atoms. The number of rotatable bonds is 6. The third-order valence-corrected chi connectivity index (χ3v) is 3.54. The van der Waals surface area contributed by atoms with Crippen LogP contribution in [0.4, 0.5) is 0 Å². The van der Waals surface area contributed by atoms with Gasteiger partial charge in [0.15, 0.2) is 0 Å². The van der Waals surface area contributed by atoms with Crippen molar-refractivity contribution in [2.45, 2.75) is 39.2 Å². The highest BCUT2D eigenvalue weighted by Gasteiger charge is 2.09. The first-order valence-corrected chi connectivity index (χ1v) is 7.11. The molecule has 0 amide bonds. The summed E-state index contributed by atoms with van der Waals surface area (Å²) in [7, 11) is 1.94. The first-order valence-electron chi connectivity index (χ1n) is 7.11. The molecule has 0 aliphatic rings. The Kier molecular flexibility index (Phi) is 4.80. The predicted octanol–water partition coefficient (Wildman–Crippen LogP) is 4.57. The average molecular weight is 257 g/mol. The summed E-state index contributed by atoms with van der Waals surface area (Å²) in [6, 6.07) is 13.0. The molecule has 2 heteroatoms. The molecule has 2 aromatic rings. The van der Waals surface area contributed by atoms with Gasteiger partial charge in [-0.25, -0.2) is 0 Å². The van der Waals surface area contributed by atoms with Gasteiger partial charge in [-0.15, -0.1) is 0 Å². The van der Waals surface area contributed by atoms with Crippen molar-refractivity contribution in [1.29, 1.82) is 0 Å². The Morgan fingerprint density at radius 2 is 1.84 bits per heavy atom. The standard InChI is InChI=1S/C17H23NO/c1-4-5-6-14-7-9-15(10-8-14)17-12-11-16(19-17)13(2)18-3/h7-13,18H,4-6H2,1-3H3. The second-order valence-electron chi connectivity index (χ2n) is 5.01. The molecule has 0 bridgehead atoms. The second kappa shape index (κ2) is 6.58. The SMILES string of the molecule is CCCCc1ccc(-c2ccc(C(C)NC)o2)cc1. The first-order chi connectivity index (χ1) is 9.24. The van der Waals surface area contributed by atoms with Crippen LogP contribution in [0.3, 0.4) is 0 Å². The minimum absolute atomic E-state index is 0.248. The number of aryl methyl sites for hydroxylation is 1. The number of benzene rings is 1. The monoisotopic (exact) mass is 257 g/mol. The van der Waals surface area contributed by atoms with Crippen LogP contribution in [0.2, 0.25) is 0 Å². The molecule has 2 nitrogen and oxygen atoms in total. The van der Waals surface area contributed by atoms with Gasteiger partial charge < -0.3 is 9.73 Å². The normalized spacial score (nSPS) is 12.6. The number of unbranched alkanes of at least 4 members (excludes halogenated alkanes) is 1. The van der Waals surface area contributed by atoms with E-state index in [1.54, 1.807) is 0 Å². The van der Waals surface area contributed by atoms with Crippen molar-refractivity contribution in [3.05, 3.63) is 47.7 Å². The van der Waals surface area contributed by atoms with Crippen LogP contribution < -0.4 is 5.32 Å². The molecule has 0 aliphatic heterocycles. The summed E-state index contributed by atoms with van der Waals surface area (Å²) >= 11 is 0. The summed E-state index contributed by atoms with van der Waals surface area (Å²) in [6.07, 6.45) is 3.66. The van der Waals surface area contributed by atoms with E-state index in [0.717, 1.165) is 23.5 Å². The minimum atomic E-state index is 0.248. The highest BCUT2D eigenvalue weighted by atomic mass is 16.3. The molecule has 102 valence electrons. The molecule has 0 fully saturated rings. The molecule has 0 saturated heterocycles. The van der Waals surface area contributed by atoms with Crippen molar-refractivity contribution in [2.24, 2.45) is 0 Å². The van der Waals surface area contributed by atoms with Crippen LogP contribution in [0.25, 0.3) is 11.3 Å². The summed E-state index contributed by atoms with van der Waals surface area (Å²) in [5.74, 6) is 1.92. The van der Waals surface area contributed by atoms with Gasteiger partial charge in [-0.1, -0.05) is 37.6 Å². The van der Waals surface area contributed by atoms with Gasteiger partial charge in [-0.2, -0.15) is 0 Å². The fourth-order valence-electron chi connectivity index (χ4n) is 2.10. The van der Waals surface area contributed by atoms with Crippen LogP contribution in [0.5, 0.6) is 0 Å². The van der Waals surface area contributed by atoms with Crippen molar-refractivity contribution < 1.29 is 4.42 Å². The van der Waals surface area contributed by atoms with Crippen LogP contribution in [-0.2, 0) is 6.42 Å². The Balaban J connectivity index is 2.11. The van der Waals surface area contributed by atoms with Crippen LogP contribution >= 0.6 is 0 Å². The lowest BCUT2D eigenvalue weighted by Gasteiger charge is -2.06. The Morgan fingerprint density at radius 1 is 1.11 bits per heavy atom.